The van der Waals surface area contributed by atoms with Crippen molar-refractivity contribution in [3.63, 3.8) is 0 Å². The summed E-state index contributed by atoms with van der Waals surface area (Å²) < 4.78 is 5.39. The van der Waals surface area contributed by atoms with Gasteiger partial charge in [-0.1, -0.05) is 19.9 Å². The molecule has 1 fully saturated rings. The molecule has 0 bridgehead atoms. The van der Waals surface area contributed by atoms with E-state index in [4.69, 9.17) is 4.74 Å². The van der Waals surface area contributed by atoms with Gasteiger partial charge in [0.05, 0.1) is 18.1 Å². The molecule has 2 heterocycles. The molecule has 2 rings (SSSR count). The van der Waals surface area contributed by atoms with Crippen LogP contribution in [0.1, 0.15) is 23.5 Å². The van der Waals surface area contributed by atoms with E-state index in [1.54, 1.807) is 0 Å². The van der Waals surface area contributed by atoms with Crippen LogP contribution in [-0.2, 0) is 4.74 Å². The molecule has 1 unspecified atom stereocenters. The Bertz CT molecular complexity index is 386. The van der Waals surface area contributed by atoms with Crippen LogP contribution in [0.25, 0.3) is 0 Å². The van der Waals surface area contributed by atoms with E-state index >= 15 is 0 Å². The number of thiophene rings is 1. The van der Waals surface area contributed by atoms with Crippen LogP contribution in [-0.4, -0.2) is 49.7 Å². The largest absolute Gasteiger partial charge is 0.379 e. The van der Waals surface area contributed by atoms with Gasteiger partial charge < -0.3 is 10.1 Å². The molecule has 0 radical (unpaired) electrons. The molecule has 1 aromatic rings. The lowest BCUT2D eigenvalue weighted by atomic mass is 10.0. The first-order valence-corrected chi connectivity index (χ1v) is 7.70. The number of morpholine rings is 1. The summed E-state index contributed by atoms with van der Waals surface area (Å²) in [5.41, 5.74) is 0. The van der Waals surface area contributed by atoms with Gasteiger partial charge in [0.15, 0.2) is 0 Å². The lowest BCUT2D eigenvalue weighted by Gasteiger charge is -2.36. The van der Waals surface area contributed by atoms with Gasteiger partial charge in [0.1, 0.15) is 0 Å². The van der Waals surface area contributed by atoms with Gasteiger partial charge in [0.25, 0.3) is 5.91 Å². The van der Waals surface area contributed by atoms with Crippen LogP contribution in [0.15, 0.2) is 17.5 Å². The molecule has 0 aliphatic carbocycles. The van der Waals surface area contributed by atoms with Gasteiger partial charge in [-0.15, -0.1) is 11.3 Å². The summed E-state index contributed by atoms with van der Waals surface area (Å²) in [5.74, 6) is 0.552. The van der Waals surface area contributed by atoms with Crippen molar-refractivity contribution in [3.05, 3.63) is 22.4 Å². The van der Waals surface area contributed by atoms with Crippen LogP contribution in [0.5, 0.6) is 0 Å². The SMILES string of the molecule is CC(C)C(CNC(=O)c1cccs1)N1CCOCC1. The summed E-state index contributed by atoms with van der Waals surface area (Å²) >= 11 is 1.48. The lowest BCUT2D eigenvalue weighted by Crippen LogP contribution is -2.51. The summed E-state index contributed by atoms with van der Waals surface area (Å²) in [6, 6.07) is 4.15. The Morgan fingerprint density at radius 2 is 2.21 bits per heavy atom. The Kier molecular flexibility index (Phi) is 5.36. The van der Waals surface area contributed by atoms with E-state index in [1.165, 1.54) is 11.3 Å². The van der Waals surface area contributed by atoms with E-state index in [0.717, 1.165) is 31.2 Å². The Morgan fingerprint density at radius 1 is 1.47 bits per heavy atom. The predicted octanol–water partition coefficient (Wildman–Crippen LogP) is 1.83. The van der Waals surface area contributed by atoms with Crippen LogP contribution in [0.3, 0.4) is 0 Å². The molecule has 0 spiro atoms. The molecule has 1 N–H and O–H groups in total. The quantitative estimate of drug-likeness (QED) is 0.896. The molecule has 0 saturated carbocycles. The van der Waals surface area contributed by atoms with E-state index in [1.807, 2.05) is 17.5 Å². The lowest BCUT2D eigenvalue weighted by molar-refractivity contribution is 0.00674. The number of ether oxygens (including phenoxy) is 1. The maximum atomic E-state index is 12.0. The number of nitrogens with zero attached hydrogens (tertiary/aromatic N) is 1. The van der Waals surface area contributed by atoms with E-state index in [2.05, 4.69) is 24.1 Å². The van der Waals surface area contributed by atoms with E-state index < -0.39 is 0 Å². The first kappa shape index (κ1) is 14.5. The first-order chi connectivity index (χ1) is 9.18. The normalized spacial score (nSPS) is 18.5. The third kappa shape index (κ3) is 4.03. The molecule has 0 aromatic carbocycles. The van der Waals surface area contributed by atoms with Crippen molar-refractivity contribution in [1.82, 2.24) is 10.2 Å². The van der Waals surface area contributed by atoms with E-state index in [0.29, 0.717) is 18.5 Å². The van der Waals surface area contributed by atoms with Crippen LogP contribution >= 0.6 is 11.3 Å². The molecule has 1 aliphatic heterocycles. The number of hydrogen-bond donors (Lipinski definition) is 1. The van der Waals surface area contributed by atoms with Crippen molar-refractivity contribution in [2.45, 2.75) is 19.9 Å². The number of carbonyl (C=O) groups excluding carboxylic acids is 1. The van der Waals surface area contributed by atoms with Gasteiger partial charge in [0, 0.05) is 25.7 Å². The van der Waals surface area contributed by atoms with Crippen molar-refractivity contribution in [3.8, 4) is 0 Å². The molecule has 1 saturated heterocycles. The van der Waals surface area contributed by atoms with E-state index in [-0.39, 0.29) is 5.91 Å². The zero-order chi connectivity index (χ0) is 13.7. The maximum Gasteiger partial charge on any atom is 0.261 e. The number of rotatable bonds is 5. The molecule has 1 atom stereocenters. The Balaban J connectivity index is 1.88. The highest BCUT2D eigenvalue weighted by Crippen LogP contribution is 2.13. The molecule has 1 aliphatic rings. The highest BCUT2D eigenvalue weighted by atomic mass is 32.1. The number of hydrogen-bond acceptors (Lipinski definition) is 4. The van der Waals surface area contributed by atoms with Crippen molar-refractivity contribution in [2.75, 3.05) is 32.8 Å². The highest BCUT2D eigenvalue weighted by molar-refractivity contribution is 7.12. The predicted molar refractivity (Wildman–Crippen MR) is 77.7 cm³/mol. The molecule has 19 heavy (non-hydrogen) atoms. The third-order valence-electron chi connectivity index (χ3n) is 3.50. The highest BCUT2D eigenvalue weighted by Gasteiger charge is 2.24. The number of nitrogens with one attached hydrogen (secondary N) is 1. The third-order valence-corrected chi connectivity index (χ3v) is 4.37. The second kappa shape index (κ2) is 7.03. The van der Waals surface area contributed by atoms with Gasteiger partial charge in [-0.3, -0.25) is 9.69 Å². The average molecular weight is 282 g/mol. The Hall–Kier alpha value is -0.910. The molecule has 1 aromatic heterocycles. The summed E-state index contributed by atoms with van der Waals surface area (Å²) in [6.07, 6.45) is 0. The zero-order valence-corrected chi connectivity index (χ0v) is 12.4. The average Bonchev–Trinajstić information content (AvgIpc) is 2.93. The zero-order valence-electron chi connectivity index (χ0n) is 11.6. The van der Waals surface area contributed by atoms with Crippen molar-refractivity contribution < 1.29 is 9.53 Å². The molecule has 5 heteroatoms. The van der Waals surface area contributed by atoms with Gasteiger partial charge in [0.2, 0.25) is 0 Å². The molecular formula is C14H22N2O2S. The molecule has 1 amide bonds. The number of amides is 1. The summed E-state index contributed by atoms with van der Waals surface area (Å²) in [5, 5.41) is 4.98. The fourth-order valence-corrected chi connectivity index (χ4v) is 3.03. The minimum atomic E-state index is 0.0360. The summed E-state index contributed by atoms with van der Waals surface area (Å²) in [4.78, 5) is 15.2. The van der Waals surface area contributed by atoms with Crippen molar-refractivity contribution >= 4 is 17.2 Å². The Morgan fingerprint density at radius 3 is 2.79 bits per heavy atom. The van der Waals surface area contributed by atoms with E-state index in [9.17, 15) is 4.79 Å². The summed E-state index contributed by atoms with van der Waals surface area (Å²) in [7, 11) is 0. The van der Waals surface area contributed by atoms with Crippen LogP contribution in [0.4, 0.5) is 0 Å². The minimum absolute atomic E-state index is 0.0360. The fourth-order valence-electron chi connectivity index (χ4n) is 2.39. The van der Waals surface area contributed by atoms with Gasteiger partial charge in [-0.25, -0.2) is 0 Å². The van der Waals surface area contributed by atoms with Gasteiger partial charge in [-0.2, -0.15) is 0 Å². The second-order valence-electron chi connectivity index (χ2n) is 5.15. The molecule has 4 nitrogen and oxygen atoms in total. The van der Waals surface area contributed by atoms with Crippen molar-refractivity contribution in [1.29, 1.82) is 0 Å². The van der Waals surface area contributed by atoms with Crippen LogP contribution < -0.4 is 5.32 Å². The molecule has 106 valence electrons. The topological polar surface area (TPSA) is 41.6 Å². The van der Waals surface area contributed by atoms with Crippen LogP contribution in [0.2, 0.25) is 0 Å². The first-order valence-electron chi connectivity index (χ1n) is 6.82. The van der Waals surface area contributed by atoms with Gasteiger partial charge >= 0.3 is 0 Å². The molecular weight excluding hydrogens is 260 g/mol. The van der Waals surface area contributed by atoms with Crippen molar-refractivity contribution in [2.24, 2.45) is 5.92 Å². The summed E-state index contributed by atoms with van der Waals surface area (Å²) in [6.45, 7) is 8.61. The fraction of sp³-hybridized carbons (Fsp3) is 0.643. The smallest absolute Gasteiger partial charge is 0.261 e. The van der Waals surface area contributed by atoms with Crippen LogP contribution in [0, 0.1) is 5.92 Å². The van der Waals surface area contributed by atoms with Gasteiger partial charge in [-0.05, 0) is 17.4 Å². The standard InChI is InChI=1S/C14H22N2O2S/c1-11(2)12(16-5-7-18-8-6-16)10-15-14(17)13-4-3-9-19-13/h3-4,9,11-12H,5-8,10H2,1-2H3,(H,15,17). The second-order valence-corrected chi connectivity index (χ2v) is 6.09. The maximum absolute atomic E-state index is 12.0. The monoisotopic (exact) mass is 282 g/mol. The number of carbonyl (C=O) groups is 1. The Labute approximate surface area is 118 Å². The minimum Gasteiger partial charge on any atom is -0.379 e.